The highest BCUT2D eigenvalue weighted by Crippen LogP contribution is 2.37. The Morgan fingerprint density at radius 3 is 2.30 bits per heavy atom. The van der Waals surface area contributed by atoms with Crippen LogP contribution in [0.3, 0.4) is 0 Å². The number of ether oxygens (including phenoxy) is 1. The first-order valence-electron chi connectivity index (χ1n) is 6.76. The van der Waals surface area contributed by atoms with Crippen LogP contribution in [0.2, 0.25) is 0 Å². The zero-order chi connectivity index (χ0) is 15.3. The Labute approximate surface area is 118 Å². The molecule has 0 saturated carbocycles. The van der Waals surface area contributed by atoms with E-state index in [9.17, 15) is 13.2 Å². The van der Waals surface area contributed by atoms with Gasteiger partial charge in [-0.25, -0.2) is 0 Å². The van der Waals surface area contributed by atoms with Crippen LogP contribution in [-0.4, -0.2) is 12.6 Å². The van der Waals surface area contributed by atoms with Crippen LogP contribution in [0, 0.1) is 5.92 Å². The summed E-state index contributed by atoms with van der Waals surface area (Å²) in [6.45, 7) is 8.37. The molecule has 0 heterocycles. The van der Waals surface area contributed by atoms with Gasteiger partial charge in [0.05, 0.1) is 12.2 Å². The predicted molar refractivity (Wildman–Crippen MR) is 73.8 cm³/mol. The summed E-state index contributed by atoms with van der Waals surface area (Å²) in [5, 5.41) is 3.10. The van der Waals surface area contributed by atoms with E-state index in [0.717, 1.165) is 6.07 Å². The minimum absolute atomic E-state index is 0.0977. The van der Waals surface area contributed by atoms with Crippen LogP contribution >= 0.6 is 0 Å². The lowest BCUT2D eigenvalue weighted by Crippen LogP contribution is -2.22. The second kappa shape index (κ2) is 6.97. The number of nitrogens with one attached hydrogen (secondary N) is 1. The number of alkyl halides is 3. The Hall–Kier alpha value is -1.23. The molecule has 1 rings (SSSR count). The zero-order valence-corrected chi connectivity index (χ0v) is 12.3. The van der Waals surface area contributed by atoms with Gasteiger partial charge in [-0.05, 0) is 23.6 Å². The molecule has 1 N–H and O–H groups in total. The van der Waals surface area contributed by atoms with Gasteiger partial charge < -0.3 is 10.1 Å². The minimum Gasteiger partial charge on any atom is -0.493 e. The monoisotopic (exact) mass is 289 g/mol. The van der Waals surface area contributed by atoms with Gasteiger partial charge in [-0.15, -0.1) is 0 Å². The summed E-state index contributed by atoms with van der Waals surface area (Å²) >= 11 is 0. The number of hydrogen-bond acceptors (Lipinski definition) is 2. The Bertz CT molecular complexity index is 428. The zero-order valence-electron chi connectivity index (χ0n) is 12.3. The van der Waals surface area contributed by atoms with Crippen molar-refractivity contribution in [2.75, 3.05) is 6.61 Å². The van der Waals surface area contributed by atoms with Gasteiger partial charge in [0.2, 0.25) is 0 Å². The quantitative estimate of drug-likeness (QED) is 0.846. The van der Waals surface area contributed by atoms with Crippen molar-refractivity contribution in [3.63, 3.8) is 0 Å². The van der Waals surface area contributed by atoms with Crippen LogP contribution in [0.5, 0.6) is 5.75 Å². The Morgan fingerprint density at radius 1 is 1.15 bits per heavy atom. The van der Waals surface area contributed by atoms with E-state index in [2.05, 4.69) is 5.32 Å². The van der Waals surface area contributed by atoms with Gasteiger partial charge in [0.1, 0.15) is 5.75 Å². The molecule has 0 unspecified atom stereocenters. The summed E-state index contributed by atoms with van der Waals surface area (Å²) in [6, 6.07) is 4.45. The minimum atomic E-state index is -4.40. The number of halogens is 3. The van der Waals surface area contributed by atoms with Gasteiger partial charge in [0.15, 0.2) is 0 Å². The van der Waals surface area contributed by atoms with E-state index in [-0.39, 0.29) is 24.3 Å². The second-order valence-corrected chi connectivity index (χ2v) is 5.57. The standard InChI is InChI=1S/C15H22F3NO/c1-10(2)9-20-14-6-5-12(8-19-11(3)4)7-13(14)15(16,17)18/h5-7,10-11,19H,8-9H2,1-4H3. The van der Waals surface area contributed by atoms with E-state index in [1.807, 2.05) is 27.7 Å². The third kappa shape index (κ3) is 5.41. The number of hydrogen-bond donors (Lipinski definition) is 1. The van der Waals surface area contributed by atoms with Crippen LogP contribution in [0.4, 0.5) is 13.2 Å². The average molecular weight is 289 g/mol. The van der Waals surface area contributed by atoms with Crippen molar-refractivity contribution in [1.82, 2.24) is 5.32 Å². The molecule has 0 fully saturated rings. The summed E-state index contributed by atoms with van der Waals surface area (Å²) in [7, 11) is 0. The normalized spacial score (nSPS) is 12.2. The Balaban J connectivity index is 2.95. The summed E-state index contributed by atoms with van der Waals surface area (Å²) in [5.41, 5.74) is -0.107. The van der Waals surface area contributed by atoms with Crippen LogP contribution in [0.25, 0.3) is 0 Å². The van der Waals surface area contributed by atoms with E-state index in [0.29, 0.717) is 12.1 Å². The summed E-state index contributed by atoms with van der Waals surface area (Å²) in [4.78, 5) is 0. The molecule has 0 radical (unpaired) electrons. The molecule has 20 heavy (non-hydrogen) atoms. The maximum atomic E-state index is 13.1. The predicted octanol–water partition coefficient (Wildman–Crippen LogP) is 4.24. The Morgan fingerprint density at radius 2 is 1.80 bits per heavy atom. The SMILES string of the molecule is CC(C)COc1ccc(CNC(C)C)cc1C(F)(F)F. The molecule has 0 saturated heterocycles. The molecule has 0 amide bonds. The van der Waals surface area contributed by atoms with Crippen LogP contribution in [-0.2, 0) is 12.7 Å². The third-order valence-electron chi connectivity index (χ3n) is 2.64. The maximum Gasteiger partial charge on any atom is 0.419 e. The first-order chi connectivity index (χ1) is 9.20. The number of rotatable bonds is 6. The largest absolute Gasteiger partial charge is 0.493 e. The van der Waals surface area contributed by atoms with Gasteiger partial charge in [-0.2, -0.15) is 13.2 Å². The van der Waals surface area contributed by atoms with Gasteiger partial charge in [-0.3, -0.25) is 0 Å². The molecule has 0 bridgehead atoms. The van der Waals surface area contributed by atoms with Gasteiger partial charge in [0, 0.05) is 12.6 Å². The maximum absolute atomic E-state index is 13.1. The van der Waals surface area contributed by atoms with E-state index < -0.39 is 11.7 Å². The highest BCUT2D eigenvalue weighted by atomic mass is 19.4. The van der Waals surface area contributed by atoms with E-state index in [4.69, 9.17) is 4.74 Å². The summed E-state index contributed by atoms with van der Waals surface area (Å²) in [6.07, 6.45) is -4.40. The van der Waals surface area contributed by atoms with Crippen molar-refractivity contribution < 1.29 is 17.9 Å². The van der Waals surface area contributed by atoms with Crippen molar-refractivity contribution >= 4 is 0 Å². The lowest BCUT2D eigenvalue weighted by molar-refractivity contribution is -0.139. The van der Waals surface area contributed by atoms with Crippen LogP contribution in [0.1, 0.15) is 38.8 Å². The fraction of sp³-hybridized carbons (Fsp3) is 0.600. The fourth-order valence-electron chi connectivity index (χ4n) is 1.61. The van der Waals surface area contributed by atoms with Crippen LogP contribution < -0.4 is 10.1 Å². The van der Waals surface area contributed by atoms with Crippen molar-refractivity contribution in [2.24, 2.45) is 5.92 Å². The highest BCUT2D eigenvalue weighted by Gasteiger charge is 2.34. The van der Waals surface area contributed by atoms with E-state index >= 15 is 0 Å². The molecule has 0 aromatic heterocycles. The molecular weight excluding hydrogens is 267 g/mol. The molecule has 0 spiro atoms. The molecule has 114 valence electrons. The Kier molecular flexibility index (Phi) is 5.87. The second-order valence-electron chi connectivity index (χ2n) is 5.57. The molecule has 1 aromatic carbocycles. The summed E-state index contributed by atoms with van der Waals surface area (Å²) in [5.74, 6) is 0.0814. The molecular formula is C15H22F3NO. The van der Waals surface area contributed by atoms with E-state index in [1.54, 1.807) is 6.07 Å². The van der Waals surface area contributed by atoms with Crippen molar-refractivity contribution in [3.8, 4) is 5.75 Å². The molecule has 0 aliphatic heterocycles. The molecule has 0 atom stereocenters. The van der Waals surface area contributed by atoms with Gasteiger partial charge in [-0.1, -0.05) is 33.8 Å². The van der Waals surface area contributed by atoms with E-state index in [1.165, 1.54) is 6.07 Å². The lowest BCUT2D eigenvalue weighted by Gasteiger charge is -2.17. The number of benzene rings is 1. The van der Waals surface area contributed by atoms with Gasteiger partial charge >= 0.3 is 6.18 Å². The third-order valence-corrected chi connectivity index (χ3v) is 2.64. The smallest absolute Gasteiger partial charge is 0.419 e. The summed E-state index contributed by atoms with van der Waals surface area (Å²) < 4.78 is 44.4. The molecule has 1 aromatic rings. The highest BCUT2D eigenvalue weighted by molar-refractivity contribution is 5.39. The molecule has 0 aliphatic carbocycles. The van der Waals surface area contributed by atoms with Crippen molar-refractivity contribution in [3.05, 3.63) is 29.3 Å². The fourth-order valence-corrected chi connectivity index (χ4v) is 1.61. The van der Waals surface area contributed by atoms with Crippen molar-refractivity contribution in [2.45, 2.75) is 46.5 Å². The first kappa shape index (κ1) is 16.8. The van der Waals surface area contributed by atoms with Gasteiger partial charge in [0.25, 0.3) is 0 Å². The lowest BCUT2D eigenvalue weighted by atomic mass is 10.1. The molecule has 5 heteroatoms. The molecule has 2 nitrogen and oxygen atoms in total. The first-order valence-corrected chi connectivity index (χ1v) is 6.76. The average Bonchev–Trinajstić information content (AvgIpc) is 2.33. The molecule has 0 aliphatic rings. The van der Waals surface area contributed by atoms with Crippen LogP contribution in [0.15, 0.2) is 18.2 Å². The van der Waals surface area contributed by atoms with Crippen molar-refractivity contribution in [1.29, 1.82) is 0 Å². The topological polar surface area (TPSA) is 21.3 Å².